The van der Waals surface area contributed by atoms with Crippen LogP contribution >= 0.6 is 23.1 Å². The Bertz CT molecular complexity index is 1800. The van der Waals surface area contributed by atoms with E-state index in [0.717, 1.165) is 0 Å². The maximum Gasteiger partial charge on any atom is 0.358 e. The molecule has 0 spiro atoms. The number of nitrogens with zero attached hydrogens (tertiary/aromatic N) is 5. The zero-order valence-electron chi connectivity index (χ0n) is 25.6. The van der Waals surface area contributed by atoms with Gasteiger partial charge in [-0.1, -0.05) is 6.92 Å². The van der Waals surface area contributed by atoms with Gasteiger partial charge in [-0.15, -0.1) is 23.1 Å². The van der Waals surface area contributed by atoms with Gasteiger partial charge in [0.25, 0.3) is 11.4 Å². The van der Waals surface area contributed by atoms with Gasteiger partial charge in [0.2, 0.25) is 5.91 Å². The number of β-lactam (4-membered cyclic amide) rings is 1. The molecule has 6 rings (SSSR count). The van der Waals surface area contributed by atoms with Gasteiger partial charge in [-0.3, -0.25) is 25.0 Å². The second kappa shape index (κ2) is 13.3. The van der Waals surface area contributed by atoms with Crippen molar-refractivity contribution in [1.82, 2.24) is 9.88 Å². The van der Waals surface area contributed by atoms with Crippen molar-refractivity contribution in [3.05, 3.63) is 102 Å². The molecule has 3 aliphatic rings. The minimum Gasteiger partial charge on any atom is -0.456 e. The molecule has 0 aliphatic carbocycles. The number of esters is 2. The number of non-ortho nitro benzene ring substituents is 2. The molecule has 2 fully saturated rings. The van der Waals surface area contributed by atoms with Crippen molar-refractivity contribution >= 4 is 57.5 Å². The number of nitro groups is 2. The smallest absolute Gasteiger partial charge is 0.358 e. The highest BCUT2D eigenvalue weighted by molar-refractivity contribution is 8.03. The van der Waals surface area contributed by atoms with Crippen molar-refractivity contribution in [1.29, 1.82) is 0 Å². The summed E-state index contributed by atoms with van der Waals surface area (Å²) in [5, 5.41) is 34.3. The normalized spacial score (nSPS) is 20.9. The molecule has 0 saturated carbocycles. The predicted molar refractivity (Wildman–Crippen MR) is 173 cm³/mol. The van der Waals surface area contributed by atoms with Gasteiger partial charge in [-0.25, -0.2) is 14.6 Å². The molecular weight excluding hydrogens is 667 g/mol. The van der Waals surface area contributed by atoms with Crippen molar-refractivity contribution in [3.63, 3.8) is 0 Å². The van der Waals surface area contributed by atoms with E-state index in [1.54, 1.807) is 12.3 Å². The molecular formula is C31H29N5O10S2. The summed E-state index contributed by atoms with van der Waals surface area (Å²) in [4.78, 5) is 68.4. The molecule has 4 atom stereocenters. The summed E-state index contributed by atoms with van der Waals surface area (Å²) < 4.78 is 10.9. The molecule has 3 aliphatic heterocycles. The Morgan fingerprint density at radius 3 is 2.06 bits per heavy atom. The lowest BCUT2D eigenvalue weighted by Crippen LogP contribution is -2.63. The summed E-state index contributed by atoms with van der Waals surface area (Å²) in [5.41, 5.74) is 1.31. The summed E-state index contributed by atoms with van der Waals surface area (Å²) in [7, 11) is 0. The maximum atomic E-state index is 13.4. The second-order valence-electron chi connectivity index (χ2n) is 11.6. The first-order valence-electron chi connectivity index (χ1n) is 14.9. The van der Waals surface area contributed by atoms with Gasteiger partial charge in [0, 0.05) is 58.8 Å². The highest BCUT2D eigenvalue weighted by Gasteiger charge is 2.60. The lowest BCUT2D eigenvalue weighted by atomic mass is 9.79. The first-order valence-corrected chi connectivity index (χ1v) is 16.6. The number of aliphatic hydroxyl groups excluding tert-OH is 1. The average Bonchev–Trinajstić information content (AvgIpc) is 3.61. The minimum atomic E-state index is -0.887. The second-order valence-corrected chi connectivity index (χ2v) is 13.8. The monoisotopic (exact) mass is 695 g/mol. The van der Waals surface area contributed by atoms with Crippen LogP contribution in [-0.2, 0) is 32.3 Å². The molecule has 0 bridgehead atoms. The summed E-state index contributed by atoms with van der Waals surface area (Å²) in [6.07, 6.45) is -0.887. The van der Waals surface area contributed by atoms with E-state index in [0.29, 0.717) is 34.3 Å². The van der Waals surface area contributed by atoms with E-state index >= 15 is 0 Å². The van der Waals surface area contributed by atoms with Crippen molar-refractivity contribution in [2.24, 2.45) is 11.8 Å². The van der Waals surface area contributed by atoms with E-state index in [4.69, 9.17) is 9.47 Å². The first kappa shape index (κ1) is 33.0. The Hall–Kier alpha value is -4.87. The van der Waals surface area contributed by atoms with Gasteiger partial charge in [-0.2, -0.15) is 0 Å². The fourth-order valence-electron chi connectivity index (χ4n) is 5.89. The van der Waals surface area contributed by atoms with Gasteiger partial charge in [0.1, 0.15) is 18.9 Å². The van der Waals surface area contributed by atoms with Gasteiger partial charge >= 0.3 is 11.9 Å². The Labute approximate surface area is 281 Å². The van der Waals surface area contributed by atoms with Crippen LogP contribution in [0.5, 0.6) is 0 Å². The maximum absolute atomic E-state index is 13.4. The molecule has 3 aromatic rings. The van der Waals surface area contributed by atoms with Gasteiger partial charge in [0.15, 0.2) is 10.8 Å². The number of ether oxygens (including phenoxy) is 2. The van der Waals surface area contributed by atoms with Crippen LogP contribution in [0.3, 0.4) is 0 Å². The number of benzene rings is 2. The van der Waals surface area contributed by atoms with Crippen LogP contribution in [0.4, 0.5) is 16.5 Å². The number of fused-ring (bicyclic) bond motifs is 1. The topological polar surface area (TPSA) is 196 Å². The van der Waals surface area contributed by atoms with Crippen molar-refractivity contribution in [3.8, 4) is 0 Å². The van der Waals surface area contributed by atoms with Crippen LogP contribution in [0.15, 0.2) is 64.5 Å². The molecule has 48 heavy (non-hydrogen) atoms. The molecule has 1 N–H and O–H groups in total. The van der Waals surface area contributed by atoms with Crippen LogP contribution in [0.2, 0.25) is 0 Å². The molecule has 0 unspecified atom stereocenters. The zero-order valence-corrected chi connectivity index (χ0v) is 27.2. The molecule has 1 amide bonds. The number of amides is 1. The highest BCUT2D eigenvalue weighted by Crippen LogP contribution is 2.52. The summed E-state index contributed by atoms with van der Waals surface area (Å²) in [6.45, 7) is 4.41. The van der Waals surface area contributed by atoms with Crippen LogP contribution in [0.25, 0.3) is 0 Å². The van der Waals surface area contributed by atoms with Gasteiger partial charge < -0.3 is 24.4 Å². The zero-order chi connectivity index (χ0) is 34.3. The number of rotatable bonds is 12. The number of hydrogen-bond acceptors (Lipinski definition) is 14. The largest absolute Gasteiger partial charge is 0.456 e. The summed E-state index contributed by atoms with van der Waals surface area (Å²) in [5.74, 6) is -2.50. The summed E-state index contributed by atoms with van der Waals surface area (Å²) in [6, 6.07) is 11.0. The van der Waals surface area contributed by atoms with Gasteiger partial charge in [-0.05, 0) is 42.3 Å². The number of hydrogen-bond donors (Lipinski definition) is 1. The van der Waals surface area contributed by atoms with E-state index in [-0.39, 0.29) is 59.1 Å². The van der Waals surface area contributed by atoms with Crippen LogP contribution in [-0.4, -0.2) is 73.2 Å². The fourth-order valence-corrected chi connectivity index (χ4v) is 8.22. The van der Waals surface area contributed by atoms with E-state index in [2.05, 4.69) is 4.98 Å². The van der Waals surface area contributed by atoms with Crippen LogP contribution in [0.1, 0.15) is 35.5 Å². The lowest BCUT2D eigenvalue weighted by Gasteiger charge is -2.46. The number of carbonyl (C=O) groups is 3. The van der Waals surface area contributed by atoms with Crippen molar-refractivity contribution in [2.75, 3.05) is 18.0 Å². The standard InChI is InChI=1S/C31H29N5O10S2/c1-16-25-24(17(2)37)28(38)34(25)26(30(40)46-14-19-5-9-21(10-6-19)36(43)44)27(16)48-22-11-33(12-22)31-32-23(15-47-31)29(39)45-13-18-3-7-20(8-4-18)35(41)42/h3-10,15-17,22,24-25,37H,11-14H2,1-2H3/t16-,17-,24-,25-/m1/s1. The average molecular weight is 696 g/mol. The molecule has 4 heterocycles. The van der Waals surface area contributed by atoms with E-state index < -0.39 is 33.8 Å². The van der Waals surface area contributed by atoms with E-state index in [1.165, 1.54) is 76.5 Å². The Morgan fingerprint density at radius 1 is 1.00 bits per heavy atom. The number of carbonyl (C=O) groups excluding carboxylic acids is 3. The summed E-state index contributed by atoms with van der Waals surface area (Å²) >= 11 is 2.76. The highest BCUT2D eigenvalue weighted by atomic mass is 32.2. The third-order valence-electron chi connectivity index (χ3n) is 8.45. The molecule has 0 radical (unpaired) electrons. The minimum absolute atomic E-state index is 0.0418. The number of aromatic nitrogens is 1. The fraction of sp³-hybridized carbons (Fsp3) is 0.355. The molecule has 2 aromatic carbocycles. The van der Waals surface area contributed by atoms with Crippen molar-refractivity contribution in [2.45, 2.75) is 44.5 Å². The number of thiazole rings is 1. The third kappa shape index (κ3) is 6.35. The predicted octanol–water partition coefficient (Wildman–Crippen LogP) is 4.05. The first-order chi connectivity index (χ1) is 22.9. The van der Waals surface area contributed by atoms with Crippen LogP contribution < -0.4 is 4.90 Å². The van der Waals surface area contributed by atoms with Crippen LogP contribution in [0, 0.1) is 32.1 Å². The quantitative estimate of drug-likeness (QED) is 0.123. The number of aliphatic hydroxyl groups is 1. The molecule has 15 nitrogen and oxygen atoms in total. The molecule has 17 heteroatoms. The van der Waals surface area contributed by atoms with Gasteiger partial charge in [0.05, 0.1) is 27.9 Å². The SMILES string of the molecule is C[C@@H](O)[C@H]1C(=O)N2C(C(=O)OCc3ccc([N+](=O)[O-])cc3)=C(SC3CN(c4nc(C(=O)OCc5ccc([N+](=O)[O-])cc5)cs4)C3)[C@H](C)[C@H]12. The Morgan fingerprint density at radius 2 is 1.54 bits per heavy atom. The molecule has 1 aromatic heterocycles. The van der Waals surface area contributed by atoms with E-state index in [9.17, 15) is 39.7 Å². The third-order valence-corrected chi connectivity index (χ3v) is 10.8. The lowest BCUT2D eigenvalue weighted by molar-refractivity contribution is -0.385. The van der Waals surface area contributed by atoms with E-state index in [1.807, 2.05) is 11.8 Å². The Kier molecular flexibility index (Phi) is 9.18. The molecule has 2 saturated heterocycles. The van der Waals surface area contributed by atoms with Crippen molar-refractivity contribution < 1.29 is 38.8 Å². The Balaban J connectivity index is 1.08. The number of thioether (sulfide) groups is 1. The molecule has 250 valence electrons. The number of anilines is 1. The number of nitro benzene ring substituents is 2.